The average Bonchev–Trinajstić information content (AvgIpc) is 3.17. The molecule has 2 fully saturated rings. The molecule has 2 aromatic rings. The Balaban J connectivity index is 1.46. The number of hydrogen-bond donors (Lipinski definition) is 1. The first kappa shape index (κ1) is 22.1. The van der Waals surface area contributed by atoms with Gasteiger partial charge in [-0.05, 0) is 68.7 Å². The van der Waals surface area contributed by atoms with Gasteiger partial charge in [0.2, 0.25) is 0 Å². The van der Waals surface area contributed by atoms with Gasteiger partial charge in [0, 0.05) is 25.7 Å². The van der Waals surface area contributed by atoms with Gasteiger partial charge in [0.15, 0.2) is 5.13 Å². The molecular weight excluding hydrogens is 450 g/mol. The van der Waals surface area contributed by atoms with Crippen LogP contribution in [0.5, 0.6) is 5.75 Å². The highest BCUT2D eigenvalue weighted by Crippen LogP contribution is 2.43. The molecule has 1 aromatic carbocycles. The molecule has 5 rings (SSSR count). The topological polar surface area (TPSA) is 74.8 Å². The third-order valence-corrected chi connectivity index (χ3v) is 7.80. The number of alkyl halides is 2. The highest BCUT2D eigenvalue weighted by molar-refractivity contribution is 7.19. The number of fused-ring (bicyclic) bond motifs is 1. The van der Waals surface area contributed by atoms with Crippen molar-refractivity contribution in [2.75, 3.05) is 18.4 Å². The minimum absolute atomic E-state index is 0.0605. The first-order valence-electron chi connectivity index (χ1n) is 11.3. The zero-order chi connectivity index (χ0) is 23.3. The number of thiazole rings is 1. The molecule has 10 heteroatoms. The lowest BCUT2D eigenvalue weighted by atomic mass is 10.0. The van der Waals surface area contributed by atoms with Crippen molar-refractivity contribution in [3.8, 4) is 16.2 Å². The van der Waals surface area contributed by atoms with Crippen molar-refractivity contribution in [1.29, 1.82) is 0 Å². The third-order valence-electron chi connectivity index (χ3n) is 6.68. The predicted octanol–water partition coefficient (Wildman–Crippen LogP) is 5.10. The highest BCUT2D eigenvalue weighted by Gasteiger charge is 2.40. The molecule has 1 saturated carbocycles. The van der Waals surface area contributed by atoms with Gasteiger partial charge in [-0.15, -0.1) is 0 Å². The van der Waals surface area contributed by atoms with E-state index in [4.69, 9.17) is 4.74 Å². The summed E-state index contributed by atoms with van der Waals surface area (Å²) in [6.07, 6.45) is 4.15. The fourth-order valence-corrected chi connectivity index (χ4v) is 5.67. The van der Waals surface area contributed by atoms with E-state index in [9.17, 15) is 18.4 Å². The van der Waals surface area contributed by atoms with Crippen LogP contribution in [0, 0.1) is 12.8 Å². The lowest BCUT2D eigenvalue weighted by Gasteiger charge is -2.24. The summed E-state index contributed by atoms with van der Waals surface area (Å²) in [7, 11) is 0. The monoisotopic (exact) mass is 476 g/mol. The average molecular weight is 477 g/mol. The van der Waals surface area contributed by atoms with Crippen LogP contribution in [0.4, 0.5) is 18.7 Å². The summed E-state index contributed by atoms with van der Waals surface area (Å²) >= 11 is 1.28. The number of likely N-dealkylation sites (tertiary alicyclic amines) is 1. The molecule has 3 aliphatic rings. The van der Waals surface area contributed by atoms with E-state index in [1.165, 1.54) is 17.4 Å². The van der Waals surface area contributed by atoms with Crippen LogP contribution in [0.25, 0.3) is 10.4 Å². The van der Waals surface area contributed by atoms with Crippen molar-refractivity contribution in [2.45, 2.75) is 58.7 Å². The van der Waals surface area contributed by atoms with Crippen molar-refractivity contribution >= 4 is 28.4 Å². The molecule has 1 atom stereocenters. The number of rotatable bonds is 6. The molecule has 2 aliphatic heterocycles. The Morgan fingerprint density at radius 1 is 1.27 bits per heavy atom. The number of halogens is 2. The van der Waals surface area contributed by atoms with Gasteiger partial charge in [-0.1, -0.05) is 11.3 Å². The molecule has 0 radical (unpaired) electrons. The van der Waals surface area contributed by atoms with Gasteiger partial charge in [-0.25, -0.2) is 9.78 Å². The molecule has 7 nitrogen and oxygen atoms in total. The van der Waals surface area contributed by atoms with Gasteiger partial charge in [0.1, 0.15) is 5.75 Å². The van der Waals surface area contributed by atoms with Crippen molar-refractivity contribution < 1.29 is 23.1 Å². The van der Waals surface area contributed by atoms with E-state index in [0.29, 0.717) is 34.4 Å². The van der Waals surface area contributed by atoms with Gasteiger partial charge in [-0.3, -0.25) is 10.1 Å². The number of ether oxygens (including phenoxy) is 1. The van der Waals surface area contributed by atoms with Crippen LogP contribution in [0.1, 0.15) is 54.2 Å². The second-order valence-electron chi connectivity index (χ2n) is 8.96. The number of nitrogens with one attached hydrogen (secondary N) is 1. The molecule has 1 aromatic heterocycles. The number of aryl methyl sites for hydroxylation is 1. The van der Waals surface area contributed by atoms with Gasteiger partial charge in [0.05, 0.1) is 16.1 Å². The van der Waals surface area contributed by atoms with E-state index >= 15 is 0 Å². The van der Waals surface area contributed by atoms with E-state index < -0.39 is 6.61 Å². The fraction of sp³-hybridized carbons (Fsp3) is 0.522. The predicted molar refractivity (Wildman–Crippen MR) is 121 cm³/mol. The highest BCUT2D eigenvalue weighted by atomic mass is 32.1. The van der Waals surface area contributed by atoms with Gasteiger partial charge < -0.3 is 14.5 Å². The second-order valence-corrected chi connectivity index (χ2v) is 9.96. The minimum atomic E-state index is -3.04. The van der Waals surface area contributed by atoms with Gasteiger partial charge in [-0.2, -0.15) is 8.78 Å². The molecule has 1 aliphatic carbocycles. The summed E-state index contributed by atoms with van der Waals surface area (Å²) in [6.45, 7) is 2.61. The molecule has 1 saturated heterocycles. The number of aromatic nitrogens is 1. The zero-order valence-corrected chi connectivity index (χ0v) is 19.4. The SMILES string of the molecule is Cc1nc(NC(=O)N2CCCC2)sc1-c1cc2c(c(OC(F)F)c1)C(=O)N([C@@H](C)C1CC1)C2. The Morgan fingerprint density at radius 3 is 2.67 bits per heavy atom. The van der Waals surface area contributed by atoms with Gasteiger partial charge in [0.25, 0.3) is 5.91 Å². The smallest absolute Gasteiger partial charge is 0.387 e. The summed E-state index contributed by atoms with van der Waals surface area (Å²) in [6, 6.07) is 3.22. The van der Waals surface area contributed by atoms with Crippen molar-refractivity contribution in [2.24, 2.45) is 5.92 Å². The Labute approximate surface area is 194 Å². The Morgan fingerprint density at radius 2 is 2.00 bits per heavy atom. The number of nitrogens with zero attached hydrogens (tertiary/aromatic N) is 3. The first-order chi connectivity index (χ1) is 15.8. The van der Waals surface area contributed by atoms with E-state index in [1.54, 1.807) is 9.80 Å². The Hall–Kier alpha value is -2.75. The van der Waals surface area contributed by atoms with Crippen LogP contribution in [-0.4, -0.2) is 52.5 Å². The number of anilines is 1. The number of carbonyl (C=O) groups excluding carboxylic acids is 2. The van der Waals surface area contributed by atoms with Gasteiger partial charge >= 0.3 is 12.6 Å². The molecule has 3 amide bonds. The third kappa shape index (κ3) is 4.28. The van der Waals surface area contributed by atoms with Crippen molar-refractivity contribution in [1.82, 2.24) is 14.8 Å². The van der Waals surface area contributed by atoms with Crippen molar-refractivity contribution in [3.63, 3.8) is 0 Å². The molecule has 1 N–H and O–H groups in total. The summed E-state index contributed by atoms with van der Waals surface area (Å²) < 4.78 is 31.2. The summed E-state index contributed by atoms with van der Waals surface area (Å²) in [5.74, 6) is 0.0994. The van der Waals surface area contributed by atoms with E-state index in [-0.39, 0.29) is 29.3 Å². The maximum absolute atomic E-state index is 13.2. The summed E-state index contributed by atoms with van der Waals surface area (Å²) in [5.41, 5.74) is 2.22. The van der Waals surface area contributed by atoms with Crippen LogP contribution in [0.15, 0.2) is 12.1 Å². The molecule has 0 unspecified atom stereocenters. The van der Waals surface area contributed by atoms with Crippen LogP contribution in [-0.2, 0) is 6.54 Å². The van der Waals surface area contributed by atoms with E-state index in [2.05, 4.69) is 10.3 Å². The Kier molecular flexibility index (Phi) is 5.72. The number of carbonyl (C=O) groups is 2. The number of benzene rings is 1. The molecule has 0 spiro atoms. The molecular formula is C23H26F2N4O3S. The first-order valence-corrected chi connectivity index (χ1v) is 12.1. The van der Waals surface area contributed by atoms with Crippen LogP contribution in [0.3, 0.4) is 0 Å². The number of hydrogen-bond acceptors (Lipinski definition) is 5. The van der Waals surface area contributed by atoms with Crippen LogP contribution in [0.2, 0.25) is 0 Å². The summed E-state index contributed by atoms with van der Waals surface area (Å²) in [5, 5.41) is 3.30. The fourth-order valence-electron chi connectivity index (χ4n) is 4.73. The maximum atomic E-state index is 13.2. The normalized spacial score (nSPS) is 18.8. The molecule has 0 bridgehead atoms. The Bertz CT molecular complexity index is 1100. The summed E-state index contributed by atoms with van der Waals surface area (Å²) in [4.78, 5) is 34.2. The molecule has 176 valence electrons. The number of amides is 3. The maximum Gasteiger partial charge on any atom is 0.387 e. The van der Waals surface area contributed by atoms with Crippen LogP contribution >= 0.6 is 11.3 Å². The second kappa shape index (κ2) is 8.55. The van der Waals surface area contributed by atoms with E-state index in [0.717, 1.165) is 43.6 Å². The van der Waals surface area contributed by atoms with Crippen LogP contribution < -0.4 is 10.1 Å². The lowest BCUT2D eigenvalue weighted by Crippen LogP contribution is -2.34. The quantitative estimate of drug-likeness (QED) is 0.629. The number of urea groups is 1. The molecule has 3 heterocycles. The largest absolute Gasteiger partial charge is 0.434 e. The van der Waals surface area contributed by atoms with E-state index in [1.807, 2.05) is 19.9 Å². The zero-order valence-electron chi connectivity index (χ0n) is 18.6. The van der Waals surface area contributed by atoms with Crippen molar-refractivity contribution in [3.05, 3.63) is 29.0 Å². The lowest BCUT2D eigenvalue weighted by molar-refractivity contribution is -0.0501. The minimum Gasteiger partial charge on any atom is -0.434 e. The molecule has 33 heavy (non-hydrogen) atoms. The standard InChI is InChI=1S/C23H26F2N4O3S/c1-12-19(33-22(26-12)27-23(31)28-7-3-4-8-28)15-9-16-11-29(13(2)14-5-6-14)20(30)18(16)17(10-15)32-21(24)25/h9-10,13-14,21H,3-8,11H2,1-2H3,(H,26,27,31)/t13-/m0/s1.